The van der Waals surface area contributed by atoms with Gasteiger partial charge in [0.25, 0.3) is 0 Å². The average Bonchev–Trinajstić information content (AvgIpc) is 3.13. The summed E-state index contributed by atoms with van der Waals surface area (Å²) >= 11 is 0. The lowest BCUT2D eigenvalue weighted by molar-refractivity contribution is -0.139. The minimum absolute atomic E-state index is 0.299. The molecule has 0 aromatic carbocycles. The molecule has 0 aliphatic carbocycles. The molecule has 4 aliphatic rings. The zero-order valence-electron chi connectivity index (χ0n) is 38.6. The van der Waals surface area contributed by atoms with Gasteiger partial charge < -0.3 is 50.6 Å². The van der Waals surface area contributed by atoms with Gasteiger partial charge in [-0.25, -0.2) is 9.59 Å². The summed E-state index contributed by atoms with van der Waals surface area (Å²) in [6.45, 7) is 29.5. The monoisotopic (exact) mass is 1050 g/mol. The Morgan fingerprint density at radius 1 is 0.550 bits per heavy atom. The highest BCUT2D eigenvalue weighted by Gasteiger charge is 2.50. The van der Waals surface area contributed by atoms with Gasteiger partial charge in [0.15, 0.2) is 16.6 Å². The summed E-state index contributed by atoms with van der Waals surface area (Å²) < 4.78 is 81.2. The van der Waals surface area contributed by atoms with E-state index in [9.17, 15) is 9.59 Å². The van der Waals surface area contributed by atoms with Crippen molar-refractivity contribution in [3.63, 3.8) is 0 Å². The second-order valence-electron chi connectivity index (χ2n) is 19.0. The molecule has 0 aromatic rings. The first-order chi connectivity index (χ1) is 28.0. The van der Waals surface area contributed by atoms with Gasteiger partial charge in [-0.15, -0.1) is 0 Å². The molecule has 4 aliphatic heterocycles. The molecule has 4 heterocycles. The van der Waals surface area contributed by atoms with Crippen LogP contribution in [0.2, 0.25) is 125 Å². The number of rotatable bonds is 15. The lowest BCUT2D eigenvalue weighted by Gasteiger charge is -2.45. The highest BCUT2D eigenvalue weighted by atomic mass is 28.5. The van der Waals surface area contributed by atoms with Crippen LogP contribution in [-0.4, -0.2) is 133 Å². The highest BCUT2D eigenvalue weighted by Crippen LogP contribution is 2.35. The molecular formula is C34H78O14Si12. The van der Waals surface area contributed by atoms with Crippen molar-refractivity contribution < 1.29 is 60.2 Å². The lowest BCUT2D eigenvalue weighted by Crippen LogP contribution is -2.60. The molecular weight excluding hydrogens is 969 g/mol. The van der Waals surface area contributed by atoms with E-state index in [2.05, 4.69) is 65.5 Å². The molecule has 0 spiro atoms. The van der Waals surface area contributed by atoms with Crippen molar-refractivity contribution in [2.45, 2.75) is 164 Å². The highest BCUT2D eigenvalue weighted by molar-refractivity contribution is 6.88. The van der Waals surface area contributed by atoms with Crippen molar-refractivity contribution in [2.24, 2.45) is 0 Å². The number of fused-ring (bicyclic) bond motifs is 4. The zero-order chi connectivity index (χ0) is 44.2. The van der Waals surface area contributed by atoms with Crippen LogP contribution in [0.3, 0.4) is 0 Å². The number of carbonyl (C=O) groups excluding carboxylic acids is 2. The normalized spacial score (nSPS) is 36.1. The maximum atomic E-state index is 12.1. The van der Waals surface area contributed by atoms with E-state index >= 15 is 0 Å². The van der Waals surface area contributed by atoms with E-state index in [0.29, 0.717) is 43.2 Å². The molecule has 0 aromatic heterocycles. The van der Waals surface area contributed by atoms with Gasteiger partial charge in [-0.3, -0.25) is 0 Å². The summed E-state index contributed by atoms with van der Waals surface area (Å²) in [5, 5.41) is 0. The third-order valence-electron chi connectivity index (χ3n) is 11.4. The van der Waals surface area contributed by atoms with Crippen LogP contribution < -0.4 is 0 Å². The standard InChI is InChI=1S/C34H78O14Si12/c1-31(2)33(35)37-17-15-22-52-42-57(9,45-53-23-29-55(5,6)40-50-20-28-60(12,44-52)47-53)25-14-13-21-51-41-58(10,26-16-18-38-34(36)32(3)4)46-54-24-30-56(7,8)39-49-19-27-59(11,43-51)48-54/h51-54H,1,3,13-30,49-50H2,2,4-12H3. The smallest absolute Gasteiger partial charge is 0.333 e. The summed E-state index contributed by atoms with van der Waals surface area (Å²) in [6.07, 6.45) is 3.14. The van der Waals surface area contributed by atoms with Crippen LogP contribution in [-0.2, 0) is 60.2 Å². The first-order valence-corrected chi connectivity index (χ1v) is 48.9. The fraction of sp³-hybridized carbons (Fsp3) is 0.824. The molecule has 0 amide bonds. The van der Waals surface area contributed by atoms with Gasteiger partial charge in [0, 0.05) is 11.1 Å². The second-order valence-corrected chi connectivity index (χ2v) is 56.0. The van der Waals surface area contributed by atoms with E-state index in [1.54, 1.807) is 13.8 Å². The predicted octanol–water partition coefficient (Wildman–Crippen LogP) is 5.59. The van der Waals surface area contributed by atoms with Crippen LogP contribution in [0.5, 0.6) is 0 Å². The lowest BCUT2D eigenvalue weighted by atomic mass is 10.4. The van der Waals surface area contributed by atoms with Gasteiger partial charge in [0.2, 0.25) is 0 Å². The largest absolute Gasteiger partial charge is 0.462 e. The predicted molar refractivity (Wildman–Crippen MR) is 266 cm³/mol. The number of carbonyl (C=O) groups is 2. The number of hydrogen-bond donors (Lipinski definition) is 0. The Morgan fingerprint density at radius 2 is 0.967 bits per heavy atom. The van der Waals surface area contributed by atoms with Crippen LogP contribution >= 0.6 is 0 Å². The third kappa shape index (κ3) is 18.8. The van der Waals surface area contributed by atoms with Gasteiger partial charge in [0.05, 0.1) is 13.2 Å². The molecule has 4 saturated heterocycles. The van der Waals surface area contributed by atoms with E-state index in [4.69, 9.17) is 50.6 Å². The molecule has 14 nitrogen and oxygen atoms in total. The van der Waals surface area contributed by atoms with Gasteiger partial charge in [-0.2, -0.15) is 0 Å². The molecule has 0 radical (unpaired) electrons. The van der Waals surface area contributed by atoms with E-state index in [-0.39, 0.29) is 11.9 Å². The SMILES string of the molecule is C=C(C)C(=O)OCCC[SiH]1O[Si](C)(CCCC[SiH]2O[Si](C)(CCCOC(=O)C(=C)C)O[SiH]3CC[Si](C)(C)O[SiH2]CC[Si](C)(O2)O3)O[SiH]2CC[Si](C)(C)O[SiH2]CC[Si](C)(O1)O2. The van der Waals surface area contributed by atoms with Crippen molar-refractivity contribution in [2.75, 3.05) is 13.2 Å². The maximum absolute atomic E-state index is 12.1. The molecule has 26 heteroatoms. The molecule has 8 unspecified atom stereocenters. The van der Waals surface area contributed by atoms with Crippen molar-refractivity contribution in [1.29, 1.82) is 0 Å². The molecule has 4 bridgehead atoms. The third-order valence-corrected chi connectivity index (χ3v) is 58.8. The Hall–Kier alpha value is 0.623. The van der Waals surface area contributed by atoms with Gasteiger partial charge >= 0.3 is 83.3 Å². The Bertz CT molecular complexity index is 1450. The quantitative estimate of drug-likeness (QED) is 0.0870. The van der Waals surface area contributed by atoms with E-state index in [1.807, 2.05) is 0 Å². The fourth-order valence-corrected chi connectivity index (χ4v) is 61.9. The molecule has 4 rings (SSSR count). The van der Waals surface area contributed by atoms with E-state index < -0.39 is 108 Å². The number of esters is 2. The fourth-order valence-electron chi connectivity index (χ4n) is 7.91. The Morgan fingerprint density at radius 3 is 1.42 bits per heavy atom. The van der Waals surface area contributed by atoms with Crippen LogP contribution in [0, 0.1) is 0 Å². The summed E-state index contributed by atoms with van der Waals surface area (Å²) in [6, 6.07) is 10.9. The molecule has 0 N–H and O–H groups in total. The van der Waals surface area contributed by atoms with Crippen molar-refractivity contribution in [1.82, 2.24) is 0 Å². The summed E-state index contributed by atoms with van der Waals surface area (Å²) in [5.41, 5.74) is 0.794. The second kappa shape index (κ2) is 23.9. The Kier molecular flexibility index (Phi) is 21.2. The Labute approximate surface area is 379 Å². The summed E-state index contributed by atoms with van der Waals surface area (Å²) in [7, 11) is -24.2. The van der Waals surface area contributed by atoms with Crippen molar-refractivity contribution >= 4 is 119 Å². The van der Waals surface area contributed by atoms with Gasteiger partial charge in [-0.1, -0.05) is 26.0 Å². The van der Waals surface area contributed by atoms with Crippen LogP contribution in [0.4, 0.5) is 0 Å². The molecule has 4 fully saturated rings. The maximum Gasteiger partial charge on any atom is 0.333 e. The van der Waals surface area contributed by atoms with Gasteiger partial charge in [0.1, 0.15) is 19.5 Å². The molecule has 346 valence electrons. The minimum atomic E-state index is -2.75. The average molecular weight is 1050 g/mol. The topological polar surface area (TPSA) is 145 Å². The number of hydrogen-bond acceptors (Lipinski definition) is 14. The minimum Gasteiger partial charge on any atom is -0.462 e. The number of unbranched alkanes of at least 4 members (excludes halogenated alkanes) is 1. The number of ether oxygens (including phenoxy) is 2. The van der Waals surface area contributed by atoms with Crippen molar-refractivity contribution in [3.05, 3.63) is 24.3 Å². The van der Waals surface area contributed by atoms with Crippen LogP contribution in [0.15, 0.2) is 24.3 Å². The Balaban J connectivity index is 1.48. The van der Waals surface area contributed by atoms with Gasteiger partial charge in [-0.05, 0) is 152 Å². The van der Waals surface area contributed by atoms with Crippen LogP contribution in [0.25, 0.3) is 0 Å². The van der Waals surface area contributed by atoms with Crippen molar-refractivity contribution in [3.8, 4) is 0 Å². The molecule has 8 atom stereocenters. The van der Waals surface area contributed by atoms with Crippen LogP contribution in [0.1, 0.15) is 39.5 Å². The molecule has 60 heavy (non-hydrogen) atoms. The summed E-state index contributed by atoms with van der Waals surface area (Å²) in [4.78, 5) is 24.2. The first-order valence-electron chi connectivity index (χ1n) is 22.4. The molecule has 0 saturated carbocycles. The summed E-state index contributed by atoms with van der Waals surface area (Å²) in [5.74, 6) is -0.738. The van der Waals surface area contributed by atoms with E-state index in [0.717, 1.165) is 79.3 Å². The first kappa shape index (κ1) is 53.2. The van der Waals surface area contributed by atoms with E-state index in [1.165, 1.54) is 0 Å². The zero-order valence-corrected chi connectivity index (χ0v) is 52.0.